The first-order valence-corrected chi connectivity index (χ1v) is 9.47. The number of nitrogens with zero attached hydrogens (tertiary/aromatic N) is 3. The first kappa shape index (κ1) is 15.0. The molecule has 25 heavy (non-hydrogen) atoms. The second-order valence-corrected chi connectivity index (χ2v) is 8.31. The summed E-state index contributed by atoms with van der Waals surface area (Å²) in [4.78, 5) is 37.1. The third-order valence-electron chi connectivity index (χ3n) is 5.28. The van der Waals surface area contributed by atoms with Crippen molar-refractivity contribution in [2.45, 2.75) is 37.0 Å². The predicted molar refractivity (Wildman–Crippen MR) is 93.8 cm³/mol. The van der Waals surface area contributed by atoms with Crippen LogP contribution < -0.4 is 5.32 Å². The van der Waals surface area contributed by atoms with Crippen molar-refractivity contribution in [3.05, 3.63) is 39.8 Å². The molecule has 0 saturated heterocycles. The highest BCUT2D eigenvalue weighted by Gasteiger charge is 2.53. The van der Waals surface area contributed by atoms with Gasteiger partial charge in [-0.2, -0.15) is 0 Å². The van der Waals surface area contributed by atoms with Crippen molar-refractivity contribution in [3.63, 3.8) is 0 Å². The third kappa shape index (κ3) is 2.63. The Bertz CT molecular complexity index is 855. The van der Waals surface area contributed by atoms with Gasteiger partial charge in [0.05, 0.1) is 4.88 Å². The van der Waals surface area contributed by atoms with Crippen molar-refractivity contribution >= 4 is 29.1 Å². The van der Waals surface area contributed by atoms with Gasteiger partial charge < -0.3 is 4.90 Å². The number of anilines is 1. The maximum Gasteiger partial charge on any atom is 0.264 e. The van der Waals surface area contributed by atoms with E-state index in [1.54, 1.807) is 34.7 Å². The van der Waals surface area contributed by atoms with E-state index in [1.807, 2.05) is 0 Å². The number of hydrogen-bond donors (Lipinski definition) is 1. The van der Waals surface area contributed by atoms with Gasteiger partial charge in [-0.05, 0) is 49.3 Å². The molecule has 1 aliphatic heterocycles. The second-order valence-electron chi connectivity index (χ2n) is 7.23. The minimum Gasteiger partial charge on any atom is -0.328 e. The lowest BCUT2D eigenvalue weighted by Gasteiger charge is -2.32. The highest BCUT2D eigenvalue weighted by atomic mass is 32.1. The smallest absolute Gasteiger partial charge is 0.264 e. The highest BCUT2D eigenvalue weighted by Crippen LogP contribution is 2.56. The molecule has 2 aliphatic carbocycles. The molecule has 0 atom stereocenters. The minimum absolute atomic E-state index is 0.00597. The number of carbonyl (C=O) groups is 2. The topological polar surface area (TPSA) is 75.2 Å². The van der Waals surface area contributed by atoms with E-state index in [2.05, 4.69) is 21.4 Å². The van der Waals surface area contributed by atoms with Gasteiger partial charge in [0.2, 0.25) is 11.9 Å². The van der Waals surface area contributed by atoms with Crippen LogP contribution in [-0.4, -0.2) is 39.8 Å². The summed E-state index contributed by atoms with van der Waals surface area (Å²) in [6.07, 6.45) is 7.84. The minimum atomic E-state index is -0.252. The number of amides is 2. The summed E-state index contributed by atoms with van der Waals surface area (Å²) in [6, 6.07) is 3.97. The summed E-state index contributed by atoms with van der Waals surface area (Å²) in [5.74, 6) is 0.670. The lowest BCUT2D eigenvalue weighted by Crippen LogP contribution is -2.46. The van der Waals surface area contributed by atoms with Gasteiger partial charge in [-0.25, -0.2) is 9.97 Å². The van der Waals surface area contributed by atoms with Gasteiger partial charge in [-0.15, -0.1) is 11.3 Å². The maximum atomic E-state index is 12.9. The predicted octanol–water partition coefficient (Wildman–Crippen LogP) is 2.54. The molecule has 2 saturated carbocycles. The summed E-state index contributed by atoms with van der Waals surface area (Å²) in [5.41, 5.74) is 1.34. The van der Waals surface area contributed by atoms with E-state index in [-0.39, 0.29) is 29.7 Å². The molecule has 0 bridgehead atoms. The molecule has 5 rings (SSSR count). The van der Waals surface area contributed by atoms with E-state index >= 15 is 0 Å². The van der Waals surface area contributed by atoms with Crippen molar-refractivity contribution in [3.8, 4) is 0 Å². The van der Waals surface area contributed by atoms with Crippen molar-refractivity contribution in [1.29, 1.82) is 0 Å². The zero-order valence-electron chi connectivity index (χ0n) is 13.7. The number of hydrogen-bond acceptors (Lipinski definition) is 5. The Balaban J connectivity index is 1.36. The van der Waals surface area contributed by atoms with Crippen molar-refractivity contribution in [2.75, 3.05) is 18.4 Å². The Hall–Kier alpha value is -2.28. The Morgan fingerprint density at radius 3 is 2.76 bits per heavy atom. The molecule has 2 amide bonds. The van der Waals surface area contributed by atoms with Crippen LogP contribution in [0.2, 0.25) is 0 Å². The lowest BCUT2D eigenvalue weighted by atomic mass is 9.91. The summed E-state index contributed by atoms with van der Waals surface area (Å²) < 4.78 is 0. The molecule has 0 unspecified atom stereocenters. The molecule has 1 spiro atoms. The van der Waals surface area contributed by atoms with Gasteiger partial charge in [0.25, 0.3) is 5.91 Å². The molecule has 3 aliphatic rings. The van der Waals surface area contributed by atoms with Crippen LogP contribution in [-0.2, 0) is 10.2 Å². The Morgan fingerprint density at radius 1 is 1.32 bits per heavy atom. The Labute approximate surface area is 149 Å². The summed E-state index contributed by atoms with van der Waals surface area (Å²) in [6.45, 7) is 0.692. The molecule has 0 aromatic carbocycles. The molecule has 6 nitrogen and oxygen atoms in total. The first-order chi connectivity index (χ1) is 12.1. The molecular weight excluding hydrogens is 336 g/mol. The van der Waals surface area contributed by atoms with E-state index in [9.17, 15) is 9.59 Å². The van der Waals surface area contributed by atoms with E-state index in [4.69, 9.17) is 0 Å². The number of aromatic nitrogens is 2. The number of carbonyl (C=O) groups excluding carboxylic acids is 2. The standard InChI is InChI=1S/C18H18N4O2S/c23-14(21-17-19-6-1-7-20-17)9-22-10-18(4-5-18)12-8-13(11-2-3-11)25-15(12)16(22)24/h1,6-8,11H,2-5,9-10H2,(H,19,20,21,23). The summed E-state index contributed by atoms with van der Waals surface area (Å²) in [5, 5.41) is 2.66. The van der Waals surface area contributed by atoms with E-state index in [1.165, 1.54) is 23.3 Å². The van der Waals surface area contributed by atoms with E-state index in [0.717, 1.165) is 17.7 Å². The van der Waals surface area contributed by atoms with Crippen molar-refractivity contribution in [2.24, 2.45) is 0 Å². The molecule has 2 fully saturated rings. The summed E-state index contributed by atoms with van der Waals surface area (Å²) >= 11 is 1.64. The number of nitrogens with one attached hydrogen (secondary N) is 1. The molecule has 2 aromatic heterocycles. The molecule has 2 aromatic rings. The molecule has 128 valence electrons. The normalized spacial score (nSPS) is 20.5. The zero-order valence-corrected chi connectivity index (χ0v) is 14.5. The van der Waals surface area contributed by atoms with Gasteiger partial charge >= 0.3 is 0 Å². The zero-order chi connectivity index (χ0) is 17.0. The molecule has 0 radical (unpaired) electrons. The molecule has 3 heterocycles. The molecule has 1 N–H and O–H groups in total. The van der Waals surface area contributed by atoms with Crippen LogP contribution >= 0.6 is 11.3 Å². The molecular formula is C18H18N4O2S. The van der Waals surface area contributed by atoms with E-state index < -0.39 is 0 Å². The quantitative estimate of drug-likeness (QED) is 0.915. The lowest BCUT2D eigenvalue weighted by molar-refractivity contribution is -0.117. The second kappa shape index (κ2) is 5.36. The largest absolute Gasteiger partial charge is 0.328 e. The van der Waals surface area contributed by atoms with Gasteiger partial charge in [0.1, 0.15) is 6.54 Å². The van der Waals surface area contributed by atoms with Crippen LogP contribution in [0.5, 0.6) is 0 Å². The van der Waals surface area contributed by atoms with Crippen LogP contribution in [0, 0.1) is 0 Å². The SMILES string of the molecule is O=C(CN1CC2(CC2)c2cc(C3CC3)sc2C1=O)Nc1ncccn1. The van der Waals surface area contributed by atoms with Crippen LogP contribution in [0.1, 0.15) is 51.7 Å². The fourth-order valence-corrected chi connectivity index (χ4v) is 5.02. The third-order valence-corrected chi connectivity index (χ3v) is 6.57. The monoisotopic (exact) mass is 354 g/mol. The highest BCUT2D eigenvalue weighted by molar-refractivity contribution is 7.14. The fraction of sp³-hybridized carbons (Fsp3) is 0.444. The van der Waals surface area contributed by atoms with Crippen molar-refractivity contribution in [1.82, 2.24) is 14.9 Å². The fourth-order valence-electron chi connectivity index (χ4n) is 3.61. The summed E-state index contributed by atoms with van der Waals surface area (Å²) in [7, 11) is 0. The Morgan fingerprint density at radius 2 is 2.08 bits per heavy atom. The molecule has 7 heteroatoms. The van der Waals surface area contributed by atoms with Crippen LogP contribution in [0.3, 0.4) is 0 Å². The van der Waals surface area contributed by atoms with Gasteiger partial charge in [-0.1, -0.05) is 0 Å². The average Bonchev–Trinajstić information content (AvgIpc) is 3.53. The van der Waals surface area contributed by atoms with Crippen LogP contribution in [0.15, 0.2) is 24.5 Å². The van der Waals surface area contributed by atoms with Gasteiger partial charge in [0.15, 0.2) is 0 Å². The van der Waals surface area contributed by atoms with Gasteiger partial charge in [-0.3, -0.25) is 14.9 Å². The first-order valence-electron chi connectivity index (χ1n) is 8.65. The van der Waals surface area contributed by atoms with E-state index in [0.29, 0.717) is 12.5 Å². The Kier molecular flexibility index (Phi) is 3.22. The van der Waals surface area contributed by atoms with Crippen LogP contribution in [0.4, 0.5) is 5.95 Å². The maximum absolute atomic E-state index is 12.9. The number of rotatable bonds is 4. The van der Waals surface area contributed by atoms with Crippen LogP contribution in [0.25, 0.3) is 0 Å². The number of thiophene rings is 1. The van der Waals surface area contributed by atoms with Gasteiger partial charge in [0, 0.05) is 29.2 Å². The average molecular weight is 354 g/mol. The van der Waals surface area contributed by atoms with Crippen molar-refractivity contribution < 1.29 is 9.59 Å². The number of fused-ring (bicyclic) bond motifs is 2.